The molecule has 1 rings (SSSR count). The van der Waals surface area contributed by atoms with Gasteiger partial charge in [-0.05, 0) is 12.5 Å². The van der Waals surface area contributed by atoms with E-state index in [1.54, 1.807) is 0 Å². The molecule has 0 aromatic carbocycles. The highest BCUT2D eigenvalue weighted by Gasteiger charge is 2.21. The first-order chi connectivity index (χ1) is 7.29. The molecule has 0 atom stereocenters. The fourth-order valence-corrected chi connectivity index (χ4v) is 2.16. The molecule has 0 aliphatic heterocycles. The predicted molar refractivity (Wildman–Crippen MR) is 54.0 cm³/mol. The van der Waals surface area contributed by atoms with Gasteiger partial charge >= 0.3 is 0 Å². The number of rotatable bonds is 3. The monoisotopic (exact) mass is 249 g/mol. The molecule has 0 saturated heterocycles. The minimum absolute atomic E-state index is 0.0563. The molecule has 3 N–H and O–H groups in total. The van der Waals surface area contributed by atoms with Crippen molar-refractivity contribution in [1.29, 1.82) is 0 Å². The van der Waals surface area contributed by atoms with Gasteiger partial charge in [0.25, 0.3) is 15.7 Å². The van der Waals surface area contributed by atoms with Crippen molar-refractivity contribution >= 4 is 10.1 Å². The van der Waals surface area contributed by atoms with Crippen LogP contribution in [0.2, 0.25) is 0 Å². The van der Waals surface area contributed by atoms with Gasteiger partial charge in [-0.3, -0.25) is 13.9 Å². The van der Waals surface area contributed by atoms with Crippen LogP contribution in [0, 0.1) is 6.92 Å². The molecule has 0 aliphatic carbocycles. The van der Waals surface area contributed by atoms with Crippen molar-refractivity contribution in [3.8, 4) is 5.88 Å². The van der Waals surface area contributed by atoms with Crippen LogP contribution in [0.3, 0.4) is 0 Å². The lowest BCUT2D eigenvalue weighted by atomic mass is 10.3. The minimum Gasteiger partial charge on any atom is -0.494 e. The lowest BCUT2D eigenvalue weighted by molar-refractivity contribution is 0.262. The van der Waals surface area contributed by atoms with Gasteiger partial charge in [-0.2, -0.15) is 8.42 Å². The maximum atomic E-state index is 11.6. The largest absolute Gasteiger partial charge is 0.494 e. The first-order valence-electron chi connectivity index (χ1n) is 4.30. The molecule has 0 unspecified atom stereocenters. The van der Waals surface area contributed by atoms with Crippen molar-refractivity contribution in [2.24, 2.45) is 0 Å². The molecule has 0 saturated carbocycles. The second-order valence-corrected chi connectivity index (χ2v) is 4.53. The maximum absolute atomic E-state index is 11.6. The van der Waals surface area contributed by atoms with E-state index in [0.29, 0.717) is 4.57 Å². The van der Waals surface area contributed by atoms with Crippen molar-refractivity contribution in [2.75, 3.05) is 6.61 Å². The molecule has 0 fully saturated rings. The van der Waals surface area contributed by atoms with Gasteiger partial charge in [0.1, 0.15) is 0 Å². The topological polar surface area (TPSA) is 117 Å². The summed E-state index contributed by atoms with van der Waals surface area (Å²) in [5.41, 5.74) is -1.12. The highest BCUT2D eigenvalue weighted by atomic mass is 32.2. The third kappa shape index (κ3) is 2.23. The van der Waals surface area contributed by atoms with E-state index in [1.807, 2.05) is 0 Å². The Labute approximate surface area is 91.3 Å². The third-order valence-electron chi connectivity index (χ3n) is 2.00. The molecule has 0 spiro atoms. The Balaban J connectivity index is 3.66. The van der Waals surface area contributed by atoms with Gasteiger partial charge in [-0.1, -0.05) is 0 Å². The van der Waals surface area contributed by atoms with Crippen molar-refractivity contribution in [2.45, 2.75) is 18.4 Å². The lowest BCUT2D eigenvalue weighted by Gasteiger charge is -2.10. The van der Waals surface area contributed by atoms with Gasteiger partial charge in [0, 0.05) is 6.07 Å². The molecular formula is C8H11NO6S. The van der Waals surface area contributed by atoms with Crippen LogP contribution in [0.25, 0.3) is 0 Å². The predicted octanol–water partition coefficient (Wildman–Crippen LogP) is -0.899. The van der Waals surface area contributed by atoms with E-state index in [-0.39, 0.29) is 12.1 Å². The first-order valence-corrected chi connectivity index (χ1v) is 5.74. The van der Waals surface area contributed by atoms with Gasteiger partial charge in [-0.15, -0.1) is 0 Å². The summed E-state index contributed by atoms with van der Waals surface area (Å²) in [6, 6.07) is 1.03. The standard InChI is InChI=1S/C8H11NO6S/c1-5-4-6(11)9(2-3-10)8(12)7(5)16(13,14)15/h4,10-11H,2-3H2,1H3,(H,13,14,15). The van der Waals surface area contributed by atoms with E-state index >= 15 is 0 Å². The van der Waals surface area contributed by atoms with E-state index < -0.39 is 33.1 Å². The maximum Gasteiger partial charge on any atom is 0.300 e. The van der Waals surface area contributed by atoms with Crippen LogP contribution >= 0.6 is 0 Å². The van der Waals surface area contributed by atoms with Crippen LogP contribution < -0.4 is 5.56 Å². The SMILES string of the molecule is Cc1cc(O)n(CCO)c(=O)c1S(=O)(=O)O. The summed E-state index contributed by atoms with van der Waals surface area (Å²) in [5, 5.41) is 18.0. The number of hydrogen-bond acceptors (Lipinski definition) is 5. The Kier molecular flexibility index (Phi) is 3.36. The Morgan fingerprint density at radius 3 is 2.44 bits per heavy atom. The zero-order chi connectivity index (χ0) is 12.5. The van der Waals surface area contributed by atoms with E-state index in [0.717, 1.165) is 6.07 Å². The van der Waals surface area contributed by atoms with Crippen LogP contribution in [0.1, 0.15) is 5.56 Å². The van der Waals surface area contributed by atoms with Gasteiger partial charge in [0.2, 0.25) is 0 Å². The summed E-state index contributed by atoms with van der Waals surface area (Å²) in [6.45, 7) is 0.572. The molecule has 0 bridgehead atoms. The van der Waals surface area contributed by atoms with E-state index in [2.05, 4.69) is 0 Å². The fourth-order valence-electron chi connectivity index (χ4n) is 1.36. The smallest absolute Gasteiger partial charge is 0.300 e. The Hall–Kier alpha value is -1.38. The summed E-state index contributed by atoms with van der Waals surface area (Å²) >= 11 is 0. The fraction of sp³-hybridized carbons (Fsp3) is 0.375. The van der Waals surface area contributed by atoms with E-state index in [1.165, 1.54) is 6.92 Å². The minimum atomic E-state index is -4.65. The number of aliphatic hydroxyl groups is 1. The summed E-state index contributed by atoms with van der Waals surface area (Å²) in [7, 11) is -4.65. The molecule has 1 heterocycles. The Morgan fingerprint density at radius 1 is 1.44 bits per heavy atom. The summed E-state index contributed by atoms with van der Waals surface area (Å²) < 4.78 is 31.4. The van der Waals surface area contributed by atoms with Crippen LogP contribution in [0.5, 0.6) is 5.88 Å². The molecule has 8 heteroatoms. The molecule has 1 aromatic heterocycles. The molecule has 1 aromatic rings. The first kappa shape index (κ1) is 12.7. The van der Waals surface area contributed by atoms with Crippen LogP contribution in [-0.2, 0) is 16.7 Å². The second kappa shape index (κ2) is 4.24. The van der Waals surface area contributed by atoms with Gasteiger partial charge in [0.15, 0.2) is 10.8 Å². The molecule has 0 radical (unpaired) electrons. The normalized spacial score (nSPS) is 11.7. The number of aromatic nitrogens is 1. The van der Waals surface area contributed by atoms with Gasteiger partial charge in [0.05, 0.1) is 13.2 Å². The van der Waals surface area contributed by atoms with Crippen molar-refractivity contribution in [3.05, 3.63) is 22.0 Å². The highest BCUT2D eigenvalue weighted by molar-refractivity contribution is 7.85. The Morgan fingerprint density at radius 2 is 2.00 bits per heavy atom. The van der Waals surface area contributed by atoms with Crippen molar-refractivity contribution in [1.82, 2.24) is 4.57 Å². The van der Waals surface area contributed by atoms with Crippen LogP contribution in [0.4, 0.5) is 0 Å². The molecule has 16 heavy (non-hydrogen) atoms. The summed E-state index contributed by atoms with van der Waals surface area (Å²) in [6.07, 6.45) is 0. The molecule has 0 amide bonds. The lowest BCUT2D eigenvalue weighted by Crippen LogP contribution is -2.28. The van der Waals surface area contributed by atoms with Crippen LogP contribution in [-0.4, -0.2) is 34.4 Å². The average Bonchev–Trinajstić information content (AvgIpc) is 2.09. The number of aryl methyl sites for hydroxylation is 1. The number of hydrogen-bond donors (Lipinski definition) is 3. The highest BCUT2D eigenvalue weighted by Crippen LogP contribution is 2.15. The zero-order valence-electron chi connectivity index (χ0n) is 8.41. The summed E-state index contributed by atoms with van der Waals surface area (Å²) in [5.74, 6) is -0.469. The van der Waals surface area contributed by atoms with Gasteiger partial charge < -0.3 is 10.2 Å². The number of pyridine rings is 1. The van der Waals surface area contributed by atoms with Crippen LogP contribution in [0.15, 0.2) is 15.8 Å². The quantitative estimate of drug-likeness (QED) is 0.598. The number of nitrogens with zero attached hydrogens (tertiary/aromatic N) is 1. The average molecular weight is 249 g/mol. The van der Waals surface area contributed by atoms with Gasteiger partial charge in [-0.25, -0.2) is 0 Å². The molecule has 7 nitrogen and oxygen atoms in total. The Bertz CT molecular complexity index is 559. The van der Waals surface area contributed by atoms with Crippen molar-refractivity contribution in [3.63, 3.8) is 0 Å². The number of aromatic hydroxyl groups is 1. The summed E-state index contributed by atoms with van der Waals surface area (Å²) in [4.78, 5) is 10.8. The molecular weight excluding hydrogens is 238 g/mol. The molecule has 90 valence electrons. The second-order valence-electron chi connectivity index (χ2n) is 3.17. The van der Waals surface area contributed by atoms with Crippen molar-refractivity contribution < 1.29 is 23.2 Å². The van der Waals surface area contributed by atoms with E-state index in [4.69, 9.17) is 9.66 Å². The third-order valence-corrected chi connectivity index (χ3v) is 3.01. The number of aliphatic hydroxyl groups excluding tert-OH is 1. The zero-order valence-corrected chi connectivity index (χ0v) is 9.23. The molecule has 0 aliphatic rings. The van der Waals surface area contributed by atoms with E-state index in [9.17, 15) is 18.3 Å².